The number of rotatable bonds is 7. The predicted octanol–water partition coefficient (Wildman–Crippen LogP) is 2.77. The average Bonchev–Trinajstić information content (AvgIpc) is 2.46. The van der Waals surface area contributed by atoms with Crippen molar-refractivity contribution in [2.45, 2.75) is 26.4 Å². The van der Waals surface area contributed by atoms with Gasteiger partial charge in [-0.1, -0.05) is 37.0 Å². The fourth-order valence-electron chi connectivity index (χ4n) is 1.75. The second-order valence-electron chi connectivity index (χ2n) is 5.25. The molecule has 0 aromatic heterocycles. The van der Waals surface area contributed by atoms with Crippen LogP contribution in [-0.2, 0) is 14.3 Å². The summed E-state index contributed by atoms with van der Waals surface area (Å²) in [4.78, 5) is 34.6. The number of hydrogen-bond acceptors (Lipinski definition) is 4. The SMILES string of the molecule is CC(C)C[C@H](OC(=O)CNC(=O)c1cc(Cl)ccc1Cl)C(=O)O. The van der Waals surface area contributed by atoms with Gasteiger partial charge < -0.3 is 15.2 Å². The van der Waals surface area contributed by atoms with E-state index in [4.69, 9.17) is 33.0 Å². The molecule has 0 spiro atoms. The number of halogens is 2. The third kappa shape index (κ3) is 6.46. The Morgan fingerprint density at radius 3 is 2.48 bits per heavy atom. The number of amides is 1. The van der Waals surface area contributed by atoms with Crippen molar-refractivity contribution in [3.05, 3.63) is 33.8 Å². The summed E-state index contributed by atoms with van der Waals surface area (Å²) in [5.74, 6) is -2.63. The van der Waals surface area contributed by atoms with Gasteiger partial charge in [0.25, 0.3) is 5.91 Å². The molecular weight excluding hydrogens is 345 g/mol. The molecule has 0 aliphatic carbocycles. The van der Waals surface area contributed by atoms with E-state index in [9.17, 15) is 14.4 Å². The lowest BCUT2D eigenvalue weighted by molar-refractivity contribution is -0.164. The molecule has 126 valence electrons. The Morgan fingerprint density at radius 1 is 1.26 bits per heavy atom. The van der Waals surface area contributed by atoms with Crippen LogP contribution in [0.3, 0.4) is 0 Å². The second-order valence-corrected chi connectivity index (χ2v) is 6.10. The van der Waals surface area contributed by atoms with Gasteiger partial charge in [-0.3, -0.25) is 9.59 Å². The highest BCUT2D eigenvalue weighted by atomic mass is 35.5. The van der Waals surface area contributed by atoms with Gasteiger partial charge in [-0.05, 0) is 30.5 Å². The van der Waals surface area contributed by atoms with Gasteiger partial charge in [0.15, 0.2) is 6.10 Å². The molecule has 1 rings (SSSR count). The number of carbonyl (C=O) groups is 3. The van der Waals surface area contributed by atoms with Crippen molar-refractivity contribution >= 4 is 41.0 Å². The summed E-state index contributed by atoms with van der Waals surface area (Å²) < 4.78 is 4.85. The minimum atomic E-state index is -1.24. The van der Waals surface area contributed by atoms with Crippen molar-refractivity contribution in [3.63, 3.8) is 0 Å². The Morgan fingerprint density at radius 2 is 1.91 bits per heavy atom. The van der Waals surface area contributed by atoms with E-state index in [1.165, 1.54) is 18.2 Å². The molecule has 0 saturated carbocycles. The third-order valence-corrected chi connectivity index (χ3v) is 3.37. The maximum atomic E-state index is 11.9. The molecule has 1 aromatic carbocycles. The number of hydrogen-bond donors (Lipinski definition) is 2. The van der Waals surface area contributed by atoms with Gasteiger partial charge in [-0.25, -0.2) is 4.79 Å². The zero-order chi connectivity index (χ0) is 17.6. The van der Waals surface area contributed by atoms with Crippen molar-refractivity contribution in [3.8, 4) is 0 Å². The van der Waals surface area contributed by atoms with Crippen molar-refractivity contribution in [2.24, 2.45) is 5.92 Å². The van der Waals surface area contributed by atoms with Crippen molar-refractivity contribution in [1.82, 2.24) is 5.32 Å². The van der Waals surface area contributed by atoms with Crippen molar-refractivity contribution in [2.75, 3.05) is 6.54 Å². The summed E-state index contributed by atoms with van der Waals surface area (Å²) in [6, 6.07) is 4.35. The number of ether oxygens (including phenoxy) is 1. The lowest BCUT2D eigenvalue weighted by atomic mass is 10.1. The highest BCUT2D eigenvalue weighted by Crippen LogP contribution is 2.20. The van der Waals surface area contributed by atoms with Crippen LogP contribution in [0.15, 0.2) is 18.2 Å². The number of nitrogens with one attached hydrogen (secondary N) is 1. The molecule has 0 bridgehead atoms. The second kappa shape index (κ2) is 8.74. The van der Waals surface area contributed by atoms with Crippen LogP contribution in [0.4, 0.5) is 0 Å². The van der Waals surface area contributed by atoms with E-state index in [-0.39, 0.29) is 22.9 Å². The zero-order valence-electron chi connectivity index (χ0n) is 12.6. The Kier molecular flexibility index (Phi) is 7.32. The summed E-state index contributed by atoms with van der Waals surface area (Å²) in [5, 5.41) is 11.8. The van der Waals surface area contributed by atoms with Gasteiger partial charge >= 0.3 is 11.9 Å². The molecule has 0 saturated heterocycles. The topological polar surface area (TPSA) is 92.7 Å². The highest BCUT2D eigenvalue weighted by molar-refractivity contribution is 6.35. The summed E-state index contributed by atoms with van der Waals surface area (Å²) >= 11 is 11.7. The highest BCUT2D eigenvalue weighted by Gasteiger charge is 2.23. The predicted molar refractivity (Wildman–Crippen MR) is 85.8 cm³/mol. The molecule has 0 radical (unpaired) electrons. The molecule has 0 aliphatic rings. The standard InChI is InChI=1S/C15H17Cl2NO5/c1-8(2)5-12(15(21)22)23-13(19)7-18-14(20)10-6-9(16)3-4-11(10)17/h3-4,6,8,12H,5,7H2,1-2H3,(H,18,20)(H,21,22)/t12-/m0/s1. The van der Waals surface area contributed by atoms with Crippen LogP contribution in [0, 0.1) is 5.92 Å². The van der Waals surface area contributed by atoms with E-state index >= 15 is 0 Å². The fraction of sp³-hybridized carbons (Fsp3) is 0.400. The first-order valence-corrected chi connectivity index (χ1v) is 7.61. The molecule has 23 heavy (non-hydrogen) atoms. The molecule has 1 aromatic rings. The lowest BCUT2D eigenvalue weighted by Gasteiger charge is -2.16. The number of carbonyl (C=O) groups excluding carboxylic acids is 2. The summed E-state index contributed by atoms with van der Waals surface area (Å²) in [6.07, 6.45) is -1.05. The van der Waals surface area contributed by atoms with Gasteiger partial charge in [0.05, 0.1) is 10.6 Å². The number of carboxylic acids is 1. The molecule has 0 heterocycles. The van der Waals surface area contributed by atoms with Gasteiger partial charge in [-0.15, -0.1) is 0 Å². The smallest absolute Gasteiger partial charge is 0.345 e. The maximum Gasteiger partial charge on any atom is 0.345 e. The van der Waals surface area contributed by atoms with E-state index in [2.05, 4.69) is 5.32 Å². The van der Waals surface area contributed by atoms with Gasteiger partial charge in [-0.2, -0.15) is 0 Å². The summed E-state index contributed by atoms with van der Waals surface area (Å²) in [5.41, 5.74) is 0.115. The molecule has 0 aliphatic heterocycles. The first-order valence-electron chi connectivity index (χ1n) is 6.86. The molecule has 0 unspecified atom stereocenters. The summed E-state index contributed by atoms with van der Waals surface area (Å²) in [6.45, 7) is 3.16. The van der Waals surface area contributed by atoms with Crippen LogP contribution < -0.4 is 5.32 Å². The monoisotopic (exact) mass is 361 g/mol. The van der Waals surface area contributed by atoms with Crippen molar-refractivity contribution in [1.29, 1.82) is 0 Å². The maximum absolute atomic E-state index is 11.9. The Balaban J connectivity index is 2.59. The van der Waals surface area contributed by atoms with E-state index in [1.54, 1.807) is 0 Å². The van der Waals surface area contributed by atoms with Gasteiger partial charge in [0.1, 0.15) is 6.54 Å². The average molecular weight is 362 g/mol. The van der Waals surface area contributed by atoms with Gasteiger partial charge in [0.2, 0.25) is 0 Å². The molecule has 6 nitrogen and oxygen atoms in total. The molecule has 0 fully saturated rings. The minimum absolute atomic E-state index is 0.0451. The van der Waals surface area contributed by atoms with E-state index in [0.717, 1.165) is 0 Å². The largest absolute Gasteiger partial charge is 0.479 e. The van der Waals surface area contributed by atoms with E-state index < -0.39 is 30.5 Å². The Labute approximate surface area is 143 Å². The van der Waals surface area contributed by atoms with Crippen LogP contribution in [-0.4, -0.2) is 35.6 Å². The Hall–Kier alpha value is -1.79. The lowest BCUT2D eigenvalue weighted by Crippen LogP contribution is -2.35. The van der Waals surface area contributed by atoms with E-state index in [1.807, 2.05) is 13.8 Å². The quantitative estimate of drug-likeness (QED) is 0.728. The van der Waals surface area contributed by atoms with Crippen molar-refractivity contribution < 1.29 is 24.2 Å². The number of benzene rings is 1. The number of carboxylic acid groups (broad SMARTS) is 1. The summed E-state index contributed by atoms with van der Waals surface area (Å²) in [7, 11) is 0. The molecule has 1 atom stereocenters. The van der Waals surface area contributed by atoms with Gasteiger partial charge in [0, 0.05) is 5.02 Å². The van der Waals surface area contributed by atoms with Crippen LogP contribution in [0.5, 0.6) is 0 Å². The first kappa shape index (κ1) is 19.3. The van der Waals surface area contributed by atoms with E-state index in [0.29, 0.717) is 5.02 Å². The minimum Gasteiger partial charge on any atom is -0.479 e. The molecule has 1 amide bonds. The Bertz CT molecular complexity index is 604. The van der Waals surface area contributed by atoms with Crippen LogP contribution >= 0.6 is 23.2 Å². The normalized spacial score (nSPS) is 11.9. The zero-order valence-corrected chi connectivity index (χ0v) is 14.1. The third-order valence-electron chi connectivity index (χ3n) is 2.80. The molecule has 2 N–H and O–H groups in total. The first-order chi connectivity index (χ1) is 10.7. The van der Waals surface area contributed by atoms with Crippen LogP contribution in [0.2, 0.25) is 10.0 Å². The fourth-order valence-corrected chi connectivity index (χ4v) is 2.12. The molecular formula is C15H17Cl2NO5. The van der Waals surface area contributed by atoms with Crippen LogP contribution in [0.1, 0.15) is 30.6 Å². The number of esters is 1. The number of aliphatic carboxylic acids is 1. The van der Waals surface area contributed by atoms with Crippen LogP contribution in [0.25, 0.3) is 0 Å². The molecule has 8 heteroatoms.